The molecule has 0 aliphatic carbocycles. The first-order valence-corrected chi connectivity index (χ1v) is 7.08. The third-order valence-corrected chi connectivity index (χ3v) is 3.57. The van der Waals surface area contributed by atoms with Crippen molar-refractivity contribution in [2.24, 2.45) is 0 Å². The number of benzene rings is 1. The Morgan fingerprint density at radius 2 is 2.10 bits per heavy atom. The Balaban J connectivity index is 2.06. The summed E-state index contributed by atoms with van der Waals surface area (Å²) in [5, 5.41) is 8.35. The highest BCUT2D eigenvalue weighted by Gasteiger charge is 2.11. The van der Waals surface area contributed by atoms with E-state index in [4.69, 9.17) is 17.3 Å². The quantitative estimate of drug-likeness (QED) is 0.721. The normalized spacial score (nSPS) is 11.2. The average molecular weight is 302 g/mol. The van der Waals surface area contributed by atoms with Gasteiger partial charge in [0.2, 0.25) is 0 Å². The Bertz CT molecular complexity index is 794. The molecule has 0 fully saturated rings. The van der Waals surface area contributed by atoms with Crippen molar-refractivity contribution in [3.05, 3.63) is 47.4 Å². The van der Waals surface area contributed by atoms with E-state index in [0.29, 0.717) is 22.4 Å². The fourth-order valence-electron chi connectivity index (χ4n) is 2.09. The minimum Gasteiger partial charge on any atom is -0.399 e. The molecule has 3 aromatic rings. The van der Waals surface area contributed by atoms with Crippen LogP contribution in [-0.2, 0) is 0 Å². The number of halogens is 1. The van der Waals surface area contributed by atoms with Gasteiger partial charge < -0.3 is 11.1 Å². The highest BCUT2D eigenvalue weighted by molar-refractivity contribution is 6.33. The second-order valence-corrected chi connectivity index (χ2v) is 5.60. The molecule has 3 N–H and O–H groups in total. The summed E-state index contributed by atoms with van der Waals surface area (Å²) in [6.45, 7) is 4.22. The minimum absolute atomic E-state index is 0.355. The van der Waals surface area contributed by atoms with E-state index in [9.17, 15) is 0 Å². The van der Waals surface area contributed by atoms with Gasteiger partial charge in [0.05, 0.1) is 16.4 Å². The number of fused-ring (bicyclic) bond motifs is 1. The molecule has 0 bridgehead atoms. The van der Waals surface area contributed by atoms with E-state index in [1.54, 1.807) is 24.4 Å². The molecule has 0 unspecified atom stereocenters. The molecule has 0 spiro atoms. The van der Waals surface area contributed by atoms with Crippen LogP contribution in [0.15, 0.2) is 36.7 Å². The van der Waals surface area contributed by atoms with E-state index >= 15 is 0 Å². The Kier molecular flexibility index (Phi) is 3.43. The molecule has 1 aromatic carbocycles. The van der Waals surface area contributed by atoms with Gasteiger partial charge in [0, 0.05) is 18.1 Å². The molecule has 0 aliphatic heterocycles. The van der Waals surface area contributed by atoms with Crippen molar-refractivity contribution in [1.29, 1.82) is 0 Å². The molecule has 3 rings (SSSR count). The van der Waals surface area contributed by atoms with E-state index in [2.05, 4.69) is 29.2 Å². The van der Waals surface area contributed by atoms with Crippen molar-refractivity contribution in [3.63, 3.8) is 0 Å². The van der Waals surface area contributed by atoms with Gasteiger partial charge >= 0.3 is 0 Å². The lowest BCUT2D eigenvalue weighted by Gasteiger charge is -2.09. The lowest BCUT2D eigenvalue weighted by atomic mass is 10.1. The lowest BCUT2D eigenvalue weighted by Crippen LogP contribution is -1.99. The van der Waals surface area contributed by atoms with Crippen molar-refractivity contribution in [2.75, 3.05) is 11.1 Å². The number of nitrogens with two attached hydrogens (primary N) is 1. The predicted molar refractivity (Wildman–Crippen MR) is 86.2 cm³/mol. The highest BCUT2D eigenvalue weighted by atomic mass is 35.5. The van der Waals surface area contributed by atoms with E-state index in [0.717, 1.165) is 16.9 Å². The Morgan fingerprint density at radius 3 is 2.86 bits per heavy atom. The molecule has 2 aromatic heterocycles. The predicted octanol–water partition coefficient (Wildman–Crippen LogP) is 3.83. The van der Waals surface area contributed by atoms with Gasteiger partial charge in [-0.2, -0.15) is 5.10 Å². The number of rotatable bonds is 3. The van der Waals surface area contributed by atoms with Gasteiger partial charge in [-0.3, -0.25) is 0 Å². The van der Waals surface area contributed by atoms with E-state index < -0.39 is 0 Å². The summed E-state index contributed by atoms with van der Waals surface area (Å²) in [6.07, 6.45) is 3.53. The Morgan fingerprint density at radius 1 is 1.29 bits per heavy atom. The van der Waals surface area contributed by atoms with Crippen molar-refractivity contribution < 1.29 is 0 Å². The third kappa shape index (κ3) is 2.64. The Labute approximate surface area is 127 Å². The molecular formula is C15H16ClN5. The summed E-state index contributed by atoms with van der Waals surface area (Å²) in [5.41, 5.74) is 9.09. The number of anilines is 3. The van der Waals surface area contributed by atoms with Crippen LogP contribution in [0, 0.1) is 0 Å². The molecule has 0 amide bonds. The summed E-state index contributed by atoms with van der Waals surface area (Å²) < 4.78 is 1.81. The van der Waals surface area contributed by atoms with E-state index in [-0.39, 0.29) is 0 Å². The van der Waals surface area contributed by atoms with Gasteiger partial charge in [-0.1, -0.05) is 25.4 Å². The van der Waals surface area contributed by atoms with Crippen LogP contribution in [-0.4, -0.2) is 14.6 Å². The smallest absolute Gasteiger partial charge is 0.156 e. The van der Waals surface area contributed by atoms with Crippen LogP contribution in [0.1, 0.15) is 25.5 Å². The fourth-order valence-corrected chi connectivity index (χ4v) is 2.25. The zero-order valence-electron chi connectivity index (χ0n) is 11.8. The van der Waals surface area contributed by atoms with Crippen LogP contribution in [0.4, 0.5) is 17.2 Å². The van der Waals surface area contributed by atoms with Crippen LogP contribution in [0.25, 0.3) is 5.52 Å². The number of hydrogen-bond acceptors (Lipinski definition) is 4. The van der Waals surface area contributed by atoms with Gasteiger partial charge in [-0.25, -0.2) is 9.50 Å². The van der Waals surface area contributed by atoms with Crippen molar-refractivity contribution in [2.45, 2.75) is 19.8 Å². The number of nitrogens with one attached hydrogen (secondary N) is 1. The molecule has 0 aliphatic rings. The number of hydrogen-bond donors (Lipinski definition) is 2. The maximum atomic E-state index is 6.18. The standard InChI is InChI=1S/C15H16ClN5/c1-9(2)12-8-14-15(18-5-6-21(14)20-12)19-13-7-10(17)3-4-11(13)16/h3-9H,17H2,1-2H3,(H,18,19). The molecular weight excluding hydrogens is 286 g/mol. The molecule has 5 nitrogen and oxygen atoms in total. The van der Waals surface area contributed by atoms with Crippen molar-refractivity contribution in [1.82, 2.24) is 14.6 Å². The SMILES string of the molecule is CC(C)c1cc2c(Nc3cc(N)ccc3Cl)nccn2n1. The first kappa shape index (κ1) is 13.7. The van der Waals surface area contributed by atoms with Crippen LogP contribution in [0.2, 0.25) is 5.02 Å². The second-order valence-electron chi connectivity index (χ2n) is 5.19. The maximum absolute atomic E-state index is 6.18. The molecule has 0 atom stereocenters. The number of nitrogens with zero attached hydrogens (tertiary/aromatic N) is 3. The average Bonchev–Trinajstić information content (AvgIpc) is 2.88. The van der Waals surface area contributed by atoms with E-state index in [1.165, 1.54) is 0 Å². The van der Waals surface area contributed by atoms with Crippen LogP contribution < -0.4 is 11.1 Å². The maximum Gasteiger partial charge on any atom is 0.156 e. The monoisotopic (exact) mass is 301 g/mol. The largest absolute Gasteiger partial charge is 0.399 e. The van der Waals surface area contributed by atoms with Gasteiger partial charge in [0.15, 0.2) is 5.82 Å². The van der Waals surface area contributed by atoms with Crippen molar-refractivity contribution in [3.8, 4) is 0 Å². The molecule has 0 saturated carbocycles. The molecule has 21 heavy (non-hydrogen) atoms. The van der Waals surface area contributed by atoms with Crippen LogP contribution >= 0.6 is 11.6 Å². The molecule has 6 heteroatoms. The highest BCUT2D eigenvalue weighted by Crippen LogP contribution is 2.29. The summed E-state index contributed by atoms with van der Waals surface area (Å²) in [4.78, 5) is 4.37. The summed E-state index contributed by atoms with van der Waals surface area (Å²) in [6, 6.07) is 7.33. The second kappa shape index (κ2) is 5.26. The molecule has 108 valence electrons. The lowest BCUT2D eigenvalue weighted by molar-refractivity contribution is 0.787. The van der Waals surface area contributed by atoms with E-state index in [1.807, 2.05) is 16.8 Å². The van der Waals surface area contributed by atoms with Gasteiger partial charge in [-0.05, 0) is 30.2 Å². The van der Waals surface area contributed by atoms with Gasteiger partial charge in [0.1, 0.15) is 5.52 Å². The number of aromatic nitrogens is 3. The third-order valence-electron chi connectivity index (χ3n) is 3.24. The topological polar surface area (TPSA) is 68.2 Å². The van der Waals surface area contributed by atoms with Crippen molar-refractivity contribution >= 4 is 34.3 Å². The number of nitrogen functional groups attached to an aromatic ring is 1. The first-order chi connectivity index (χ1) is 10.0. The molecule has 0 radical (unpaired) electrons. The zero-order chi connectivity index (χ0) is 15.0. The summed E-state index contributed by atoms with van der Waals surface area (Å²) in [5.74, 6) is 1.05. The summed E-state index contributed by atoms with van der Waals surface area (Å²) in [7, 11) is 0. The first-order valence-electron chi connectivity index (χ1n) is 6.71. The fraction of sp³-hybridized carbons (Fsp3) is 0.200. The molecule has 2 heterocycles. The van der Waals surface area contributed by atoms with Gasteiger partial charge in [-0.15, -0.1) is 0 Å². The van der Waals surface area contributed by atoms with Gasteiger partial charge in [0.25, 0.3) is 0 Å². The van der Waals surface area contributed by atoms with Crippen LogP contribution in [0.3, 0.4) is 0 Å². The Hall–Kier alpha value is -2.27. The minimum atomic E-state index is 0.355. The zero-order valence-corrected chi connectivity index (χ0v) is 12.6. The van der Waals surface area contributed by atoms with Crippen LogP contribution in [0.5, 0.6) is 0 Å². The molecule has 0 saturated heterocycles. The summed E-state index contributed by atoms with van der Waals surface area (Å²) >= 11 is 6.18.